The van der Waals surface area contributed by atoms with Gasteiger partial charge in [-0.3, -0.25) is 4.79 Å². The normalized spacial score (nSPS) is 17.6. The van der Waals surface area contributed by atoms with E-state index in [4.69, 9.17) is 4.74 Å². The maximum Gasteiger partial charge on any atom is 0.243 e. The predicted octanol–water partition coefficient (Wildman–Crippen LogP) is 3.24. The Morgan fingerprint density at radius 2 is 1.88 bits per heavy atom. The molecular weight excluding hydrogens is 340 g/mol. The van der Waals surface area contributed by atoms with Gasteiger partial charge >= 0.3 is 0 Å². The van der Waals surface area contributed by atoms with Gasteiger partial charge in [0.1, 0.15) is 5.75 Å². The molecule has 140 valence electrons. The van der Waals surface area contributed by atoms with Crippen LogP contribution in [0, 0.1) is 5.92 Å². The van der Waals surface area contributed by atoms with Gasteiger partial charge < -0.3 is 10.1 Å². The second-order valence-corrected chi connectivity index (χ2v) is 8.42. The standard InChI is InChI=1S/C18H28N2O4S/c1-4-14(2)18(21)19-16-13-15(9-10-17(16)24-3)25(22,23)20-11-7-5-6-8-12-20/h9-10,13-14H,4-8,11-12H2,1-3H3,(H,19,21)/t14-/m1/s1. The minimum atomic E-state index is -3.57. The molecule has 1 aromatic carbocycles. The van der Waals surface area contributed by atoms with E-state index in [-0.39, 0.29) is 16.7 Å². The summed E-state index contributed by atoms with van der Waals surface area (Å²) < 4.78 is 32.7. The van der Waals surface area contributed by atoms with Crippen LogP contribution in [0.4, 0.5) is 5.69 Å². The largest absolute Gasteiger partial charge is 0.495 e. The number of carbonyl (C=O) groups excluding carboxylic acids is 1. The van der Waals surface area contributed by atoms with Crippen molar-refractivity contribution in [3.05, 3.63) is 18.2 Å². The second kappa shape index (κ2) is 8.67. The molecule has 0 spiro atoms. The number of amides is 1. The molecule has 0 saturated carbocycles. The highest BCUT2D eigenvalue weighted by Gasteiger charge is 2.26. The van der Waals surface area contributed by atoms with Crippen molar-refractivity contribution in [2.24, 2.45) is 5.92 Å². The molecule has 0 aromatic heterocycles. The van der Waals surface area contributed by atoms with Crippen LogP contribution < -0.4 is 10.1 Å². The number of methoxy groups -OCH3 is 1. The van der Waals surface area contributed by atoms with Crippen LogP contribution in [0.15, 0.2) is 23.1 Å². The van der Waals surface area contributed by atoms with Gasteiger partial charge in [0.25, 0.3) is 0 Å². The summed E-state index contributed by atoms with van der Waals surface area (Å²) in [4.78, 5) is 12.4. The first-order valence-electron chi connectivity index (χ1n) is 8.89. The molecule has 1 aliphatic heterocycles. The molecule has 1 aliphatic rings. The van der Waals surface area contributed by atoms with E-state index in [1.54, 1.807) is 10.4 Å². The van der Waals surface area contributed by atoms with E-state index in [1.165, 1.54) is 19.2 Å². The van der Waals surface area contributed by atoms with E-state index in [1.807, 2.05) is 13.8 Å². The van der Waals surface area contributed by atoms with Gasteiger partial charge in [0.2, 0.25) is 15.9 Å². The third-order valence-electron chi connectivity index (χ3n) is 4.69. The Bertz CT molecular complexity index is 695. The van der Waals surface area contributed by atoms with E-state index in [2.05, 4.69) is 5.32 Å². The molecule has 1 saturated heterocycles. The van der Waals surface area contributed by atoms with Crippen LogP contribution in [0.25, 0.3) is 0 Å². The summed E-state index contributed by atoms with van der Waals surface area (Å²) in [5.41, 5.74) is 0.392. The maximum atomic E-state index is 12.9. The molecule has 1 atom stereocenters. The number of nitrogens with one attached hydrogen (secondary N) is 1. The summed E-state index contributed by atoms with van der Waals surface area (Å²) in [6.45, 7) is 4.85. The molecule has 0 bridgehead atoms. The average Bonchev–Trinajstić information content (AvgIpc) is 2.90. The topological polar surface area (TPSA) is 75.7 Å². The Balaban J connectivity index is 2.32. The number of hydrogen-bond donors (Lipinski definition) is 1. The quantitative estimate of drug-likeness (QED) is 0.836. The van der Waals surface area contributed by atoms with E-state index < -0.39 is 10.0 Å². The van der Waals surface area contributed by atoms with Gasteiger partial charge in [-0.15, -0.1) is 0 Å². The molecule has 0 aliphatic carbocycles. The number of hydrogen-bond acceptors (Lipinski definition) is 4. The van der Waals surface area contributed by atoms with Crippen molar-refractivity contribution in [2.75, 3.05) is 25.5 Å². The molecule has 1 fully saturated rings. The lowest BCUT2D eigenvalue weighted by Gasteiger charge is -2.21. The first-order valence-corrected chi connectivity index (χ1v) is 10.3. The Morgan fingerprint density at radius 3 is 2.44 bits per heavy atom. The van der Waals surface area contributed by atoms with Gasteiger partial charge in [-0.2, -0.15) is 4.31 Å². The highest BCUT2D eigenvalue weighted by molar-refractivity contribution is 7.89. The number of carbonyl (C=O) groups is 1. The minimum Gasteiger partial charge on any atom is -0.495 e. The molecule has 1 aromatic rings. The third kappa shape index (κ3) is 4.73. The van der Waals surface area contributed by atoms with E-state index in [0.717, 1.165) is 25.7 Å². The van der Waals surface area contributed by atoms with Crippen molar-refractivity contribution in [3.63, 3.8) is 0 Å². The number of nitrogens with zero attached hydrogens (tertiary/aromatic N) is 1. The molecule has 0 radical (unpaired) electrons. The van der Waals surface area contributed by atoms with Crippen molar-refractivity contribution in [1.29, 1.82) is 0 Å². The SMILES string of the molecule is CC[C@@H](C)C(=O)Nc1cc(S(=O)(=O)N2CCCCCC2)ccc1OC. The summed E-state index contributed by atoms with van der Waals surface area (Å²) in [5, 5.41) is 2.79. The van der Waals surface area contributed by atoms with Crippen LogP contribution in [0.5, 0.6) is 5.75 Å². The zero-order chi connectivity index (χ0) is 18.4. The van der Waals surface area contributed by atoms with E-state index >= 15 is 0 Å². The molecule has 25 heavy (non-hydrogen) atoms. The van der Waals surface area contributed by atoms with Crippen molar-refractivity contribution in [1.82, 2.24) is 4.31 Å². The minimum absolute atomic E-state index is 0.148. The lowest BCUT2D eigenvalue weighted by Crippen LogP contribution is -2.32. The first kappa shape index (κ1) is 19.7. The molecule has 7 heteroatoms. The summed E-state index contributed by atoms with van der Waals surface area (Å²) in [5.74, 6) is 0.146. The lowest BCUT2D eigenvalue weighted by molar-refractivity contribution is -0.119. The lowest BCUT2D eigenvalue weighted by atomic mass is 10.1. The summed E-state index contributed by atoms with van der Waals surface area (Å²) >= 11 is 0. The van der Waals surface area contributed by atoms with Gasteiger partial charge in [0, 0.05) is 19.0 Å². The van der Waals surface area contributed by atoms with Gasteiger partial charge in [0.05, 0.1) is 17.7 Å². The van der Waals surface area contributed by atoms with E-state index in [0.29, 0.717) is 30.9 Å². The zero-order valence-corrected chi connectivity index (χ0v) is 16.1. The maximum absolute atomic E-state index is 12.9. The number of rotatable bonds is 6. The van der Waals surface area contributed by atoms with Crippen LogP contribution in [-0.4, -0.2) is 38.8 Å². The molecule has 1 N–H and O–H groups in total. The number of sulfonamides is 1. The van der Waals surface area contributed by atoms with Crippen molar-refractivity contribution >= 4 is 21.6 Å². The van der Waals surface area contributed by atoms with Crippen molar-refractivity contribution < 1.29 is 17.9 Å². The predicted molar refractivity (Wildman–Crippen MR) is 98.3 cm³/mol. The number of ether oxygens (including phenoxy) is 1. The van der Waals surface area contributed by atoms with Gasteiger partial charge in [0.15, 0.2) is 0 Å². The third-order valence-corrected chi connectivity index (χ3v) is 6.59. The Kier molecular flexibility index (Phi) is 6.84. The van der Waals surface area contributed by atoms with Crippen LogP contribution in [0.1, 0.15) is 46.0 Å². The fraction of sp³-hybridized carbons (Fsp3) is 0.611. The van der Waals surface area contributed by atoms with Gasteiger partial charge in [-0.05, 0) is 37.5 Å². The number of anilines is 1. The first-order chi connectivity index (χ1) is 11.9. The van der Waals surface area contributed by atoms with Gasteiger partial charge in [-0.1, -0.05) is 26.7 Å². The Hall–Kier alpha value is -1.60. The molecule has 1 amide bonds. The molecule has 0 unspecified atom stereocenters. The summed E-state index contributed by atoms with van der Waals surface area (Å²) in [6.07, 6.45) is 4.59. The highest BCUT2D eigenvalue weighted by atomic mass is 32.2. The molecule has 2 rings (SSSR count). The monoisotopic (exact) mass is 368 g/mol. The van der Waals surface area contributed by atoms with Crippen LogP contribution >= 0.6 is 0 Å². The Morgan fingerprint density at radius 1 is 1.24 bits per heavy atom. The zero-order valence-electron chi connectivity index (χ0n) is 15.2. The molecular formula is C18H28N2O4S. The van der Waals surface area contributed by atoms with Crippen LogP contribution in [-0.2, 0) is 14.8 Å². The molecule has 1 heterocycles. The highest BCUT2D eigenvalue weighted by Crippen LogP contribution is 2.30. The fourth-order valence-electron chi connectivity index (χ4n) is 2.82. The van der Waals surface area contributed by atoms with E-state index in [9.17, 15) is 13.2 Å². The van der Waals surface area contributed by atoms with Gasteiger partial charge in [-0.25, -0.2) is 8.42 Å². The average molecular weight is 368 g/mol. The Labute approximate surface area is 150 Å². The van der Waals surface area contributed by atoms with Crippen LogP contribution in [0.3, 0.4) is 0 Å². The number of benzene rings is 1. The summed E-state index contributed by atoms with van der Waals surface area (Å²) in [6, 6.07) is 4.63. The summed E-state index contributed by atoms with van der Waals surface area (Å²) in [7, 11) is -2.07. The van der Waals surface area contributed by atoms with Crippen molar-refractivity contribution in [3.8, 4) is 5.75 Å². The molecule has 6 nitrogen and oxygen atoms in total. The fourth-order valence-corrected chi connectivity index (χ4v) is 4.36. The van der Waals surface area contributed by atoms with Crippen molar-refractivity contribution in [2.45, 2.75) is 50.8 Å². The smallest absolute Gasteiger partial charge is 0.243 e. The van der Waals surface area contributed by atoms with Crippen LogP contribution in [0.2, 0.25) is 0 Å². The second-order valence-electron chi connectivity index (χ2n) is 6.48.